The first-order valence-electron chi connectivity index (χ1n) is 6.37. The number of H-pyrrole nitrogens is 1. The van der Waals surface area contributed by atoms with Gasteiger partial charge in [0.25, 0.3) is 0 Å². The lowest BCUT2D eigenvalue weighted by atomic mass is 10.2. The minimum absolute atomic E-state index is 0.130. The number of hydrogen-bond acceptors (Lipinski definition) is 3. The van der Waals surface area contributed by atoms with Crippen molar-refractivity contribution < 1.29 is 9.50 Å². The third-order valence-corrected chi connectivity index (χ3v) is 2.95. The van der Waals surface area contributed by atoms with E-state index in [0.717, 1.165) is 5.56 Å². The number of aromatic amines is 1. The van der Waals surface area contributed by atoms with Crippen LogP contribution in [0.5, 0.6) is 5.75 Å². The highest BCUT2D eigenvalue weighted by atomic mass is 19.1. The second kappa shape index (κ2) is 5.58. The van der Waals surface area contributed by atoms with Gasteiger partial charge in [-0.25, -0.2) is 9.37 Å². The molecule has 0 saturated carbocycles. The molecule has 104 valence electrons. The lowest BCUT2D eigenvalue weighted by Gasteiger charge is -1.97. The Labute approximate surface area is 120 Å². The normalized spacial score (nSPS) is 11.1. The molecule has 3 rings (SSSR count). The monoisotopic (exact) mass is 281 g/mol. The van der Waals surface area contributed by atoms with Gasteiger partial charge in [0.1, 0.15) is 17.4 Å². The Kier molecular flexibility index (Phi) is 3.47. The molecule has 0 aliphatic heterocycles. The zero-order chi connectivity index (χ0) is 14.7. The van der Waals surface area contributed by atoms with Crippen molar-refractivity contribution in [1.29, 1.82) is 0 Å². The van der Waals surface area contributed by atoms with Crippen molar-refractivity contribution in [2.75, 3.05) is 0 Å². The number of para-hydroxylation sites is 1. The summed E-state index contributed by atoms with van der Waals surface area (Å²) in [5.74, 6) is 0.837. The lowest BCUT2D eigenvalue weighted by molar-refractivity contribution is 0.477. The molecular formula is C16H12FN3O. The summed E-state index contributed by atoms with van der Waals surface area (Å²) < 4.78 is 12.8. The van der Waals surface area contributed by atoms with Crippen molar-refractivity contribution in [2.24, 2.45) is 0 Å². The van der Waals surface area contributed by atoms with Gasteiger partial charge in [-0.2, -0.15) is 5.10 Å². The highest BCUT2D eigenvalue weighted by Crippen LogP contribution is 2.25. The van der Waals surface area contributed by atoms with Crippen LogP contribution in [0, 0.1) is 5.82 Å². The predicted octanol–water partition coefficient (Wildman–Crippen LogP) is 3.49. The number of nitrogens with zero attached hydrogens (tertiary/aromatic N) is 2. The van der Waals surface area contributed by atoms with E-state index in [1.165, 1.54) is 12.1 Å². The van der Waals surface area contributed by atoms with E-state index in [4.69, 9.17) is 0 Å². The SMILES string of the molecule is Oc1ccccc1-c1n[nH]c(C=Cc2ccc(F)cc2)n1. The van der Waals surface area contributed by atoms with Crippen LogP contribution in [-0.2, 0) is 0 Å². The number of aromatic hydroxyl groups is 1. The molecule has 0 aliphatic carbocycles. The van der Waals surface area contributed by atoms with Gasteiger partial charge in [0.05, 0.1) is 5.56 Å². The fourth-order valence-corrected chi connectivity index (χ4v) is 1.88. The van der Waals surface area contributed by atoms with E-state index in [1.54, 1.807) is 48.6 Å². The first-order valence-corrected chi connectivity index (χ1v) is 6.37. The number of hydrogen-bond donors (Lipinski definition) is 2. The fraction of sp³-hybridized carbons (Fsp3) is 0. The summed E-state index contributed by atoms with van der Waals surface area (Å²) in [7, 11) is 0. The molecule has 0 amide bonds. The van der Waals surface area contributed by atoms with Crippen molar-refractivity contribution in [1.82, 2.24) is 15.2 Å². The molecule has 0 saturated heterocycles. The average Bonchev–Trinajstić information content (AvgIpc) is 2.96. The van der Waals surface area contributed by atoms with Crippen LogP contribution in [0.1, 0.15) is 11.4 Å². The minimum atomic E-state index is -0.270. The van der Waals surface area contributed by atoms with Crippen LogP contribution in [0.25, 0.3) is 23.5 Å². The van der Waals surface area contributed by atoms with Crippen LogP contribution in [0.15, 0.2) is 48.5 Å². The Morgan fingerprint density at radius 2 is 1.76 bits per heavy atom. The Hall–Kier alpha value is -2.95. The van der Waals surface area contributed by atoms with E-state index in [0.29, 0.717) is 17.2 Å². The molecule has 2 aromatic carbocycles. The van der Waals surface area contributed by atoms with Gasteiger partial charge in [-0.1, -0.05) is 30.3 Å². The van der Waals surface area contributed by atoms with E-state index in [-0.39, 0.29) is 11.6 Å². The molecule has 0 fully saturated rings. The summed E-state index contributed by atoms with van der Waals surface area (Å²) >= 11 is 0. The first-order chi connectivity index (χ1) is 10.2. The van der Waals surface area contributed by atoms with Crippen molar-refractivity contribution >= 4 is 12.2 Å². The molecular weight excluding hydrogens is 269 g/mol. The molecule has 5 heteroatoms. The molecule has 1 aromatic heterocycles. The summed E-state index contributed by atoms with van der Waals surface area (Å²) in [6.45, 7) is 0. The number of rotatable bonds is 3. The predicted molar refractivity (Wildman–Crippen MR) is 78.8 cm³/mol. The number of phenolic OH excluding ortho intramolecular Hbond substituents is 1. The van der Waals surface area contributed by atoms with Crippen molar-refractivity contribution in [2.45, 2.75) is 0 Å². The van der Waals surface area contributed by atoms with Crippen LogP contribution in [0.4, 0.5) is 4.39 Å². The zero-order valence-corrected chi connectivity index (χ0v) is 11.0. The van der Waals surface area contributed by atoms with Crippen LogP contribution < -0.4 is 0 Å². The smallest absolute Gasteiger partial charge is 0.185 e. The first kappa shape index (κ1) is 13.1. The third-order valence-electron chi connectivity index (χ3n) is 2.95. The highest BCUT2D eigenvalue weighted by Gasteiger charge is 2.08. The maximum atomic E-state index is 12.8. The minimum Gasteiger partial charge on any atom is -0.507 e. The van der Waals surface area contributed by atoms with Gasteiger partial charge in [0.15, 0.2) is 5.82 Å². The average molecular weight is 281 g/mol. The molecule has 0 aliphatic rings. The maximum absolute atomic E-state index is 12.8. The molecule has 0 spiro atoms. The molecule has 3 aromatic rings. The number of halogens is 1. The van der Waals surface area contributed by atoms with Crippen LogP contribution in [0.2, 0.25) is 0 Å². The Balaban J connectivity index is 1.82. The molecule has 0 unspecified atom stereocenters. The van der Waals surface area contributed by atoms with E-state index >= 15 is 0 Å². The number of nitrogens with one attached hydrogen (secondary N) is 1. The molecule has 21 heavy (non-hydrogen) atoms. The largest absolute Gasteiger partial charge is 0.507 e. The van der Waals surface area contributed by atoms with Crippen LogP contribution in [-0.4, -0.2) is 20.3 Å². The fourth-order valence-electron chi connectivity index (χ4n) is 1.88. The molecule has 2 N–H and O–H groups in total. The zero-order valence-electron chi connectivity index (χ0n) is 11.0. The third kappa shape index (κ3) is 2.97. The van der Waals surface area contributed by atoms with Crippen LogP contribution >= 0.6 is 0 Å². The molecule has 1 heterocycles. The summed E-state index contributed by atoms with van der Waals surface area (Å²) in [6, 6.07) is 13.0. The van der Waals surface area contributed by atoms with Gasteiger partial charge < -0.3 is 5.11 Å². The Morgan fingerprint density at radius 3 is 2.52 bits per heavy atom. The summed E-state index contributed by atoms with van der Waals surface area (Å²) in [4.78, 5) is 4.29. The van der Waals surface area contributed by atoms with Gasteiger partial charge in [0, 0.05) is 0 Å². The Bertz CT molecular complexity index is 778. The number of benzene rings is 2. The van der Waals surface area contributed by atoms with Gasteiger partial charge >= 0.3 is 0 Å². The number of aromatic nitrogens is 3. The van der Waals surface area contributed by atoms with Gasteiger partial charge in [-0.15, -0.1) is 0 Å². The lowest BCUT2D eigenvalue weighted by Crippen LogP contribution is -1.81. The molecule has 0 bridgehead atoms. The molecule has 0 atom stereocenters. The number of phenols is 1. The van der Waals surface area contributed by atoms with E-state index in [2.05, 4.69) is 15.2 Å². The summed E-state index contributed by atoms with van der Waals surface area (Å²) in [5.41, 5.74) is 1.42. The van der Waals surface area contributed by atoms with Crippen molar-refractivity contribution in [3.05, 3.63) is 65.7 Å². The van der Waals surface area contributed by atoms with Gasteiger partial charge in [0.2, 0.25) is 0 Å². The second-order valence-electron chi connectivity index (χ2n) is 4.45. The van der Waals surface area contributed by atoms with Gasteiger partial charge in [-0.05, 0) is 35.9 Å². The topological polar surface area (TPSA) is 61.8 Å². The molecule has 0 radical (unpaired) electrons. The highest BCUT2D eigenvalue weighted by molar-refractivity contribution is 5.68. The molecule has 4 nitrogen and oxygen atoms in total. The van der Waals surface area contributed by atoms with Crippen molar-refractivity contribution in [3.8, 4) is 17.1 Å². The van der Waals surface area contributed by atoms with Crippen molar-refractivity contribution in [3.63, 3.8) is 0 Å². The summed E-state index contributed by atoms with van der Waals surface area (Å²) in [6.07, 6.45) is 3.54. The van der Waals surface area contributed by atoms with Crippen LogP contribution in [0.3, 0.4) is 0 Å². The van der Waals surface area contributed by atoms with E-state index in [1.807, 2.05) is 0 Å². The second-order valence-corrected chi connectivity index (χ2v) is 4.45. The maximum Gasteiger partial charge on any atom is 0.185 e. The Morgan fingerprint density at radius 1 is 1.00 bits per heavy atom. The van der Waals surface area contributed by atoms with E-state index < -0.39 is 0 Å². The summed E-state index contributed by atoms with van der Waals surface area (Å²) in [5, 5.41) is 16.6. The standard InChI is InChI=1S/C16H12FN3O/c17-12-8-5-11(6-9-12)7-10-15-18-16(20-19-15)13-3-1-2-4-14(13)21/h1-10,21H,(H,18,19,20). The van der Waals surface area contributed by atoms with E-state index in [9.17, 15) is 9.50 Å². The van der Waals surface area contributed by atoms with Gasteiger partial charge in [-0.3, -0.25) is 5.10 Å². The quantitative estimate of drug-likeness (QED) is 0.772.